The van der Waals surface area contributed by atoms with Crippen LogP contribution in [0.2, 0.25) is 0 Å². The number of aryl methyl sites for hydroxylation is 1. The largest absolute Gasteiger partial charge is 0.489 e. The lowest BCUT2D eigenvalue weighted by molar-refractivity contribution is 0.0944. The van der Waals surface area contributed by atoms with E-state index in [1.54, 1.807) is 24.3 Å². The van der Waals surface area contributed by atoms with Crippen LogP contribution in [0.3, 0.4) is 0 Å². The van der Waals surface area contributed by atoms with Crippen LogP contribution in [0.5, 0.6) is 5.75 Å². The van der Waals surface area contributed by atoms with Gasteiger partial charge in [-0.1, -0.05) is 42.0 Å². The Morgan fingerprint density at radius 2 is 1.90 bits per heavy atom. The maximum absolute atomic E-state index is 13.9. The first-order valence-corrected chi connectivity index (χ1v) is 8.90. The lowest BCUT2D eigenvalue weighted by atomic mass is 10.1. The van der Waals surface area contributed by atoms with Crippen LogP contribution in [-0.2, 0) is 6.61 Å². The summed E-state index contributed by atoms with van der Waals surface area (Å²) in [5.74, 6) is -1.73. The third kappa shape index (κ3) is 5.17. The lowest BCUT2D eigenvalue weighted by Crippen LogP contribution is -2.28. The first-order valence-electron chi connectivity index (χ1n) is 8.90. The molecule has 1 unspecified atom stereocenters. The van der Waals surface area contributed by atoms with Crippen LogP contribution in [0.15, 0.2) is 66.7 Å². The van der Waals surface area contributed by atoms with Crippen molar-refractivity contribution in [1.82, 2.24) is 5.32 Å². The van der Waals surface area contributed by atoms with Gasteiger partial charge in [-0.15, -0.1) is 0 Å². The van der Waals surface area contributed by atoms with Crippen molar-refractivity contribution in [3.05, 3.63) is 101 Å². The van der Waals surface area contributed by atoms with Gasteiger partial charge >= 0.3 is 0 Å². The zero-order valence-corrected chi connectivity index (χ0v) is 15.7. The summed E-state index contributed by atoms with van der Waals surface area (Å²) in [7, 11) is 0. The Balaban J connectivity index is 1.70. The van der Waals surface area contributed by atoms with Crippen molar-refractivity contribution >= 4 is 5.91 Å². The zero-order valence-electron chi connectivity index (χ0n) is 15.7. The van der Waals surface area contributed by atoms with Crippen molar-refractivity contribution in [3.8, 4) is 11.8 Å². The summed E-state index contributed by atoms with van der Waals surface area (Å²) in [6, 6.07) is 17.8. The summed E-state index contributed by atoms with van der Waals surface area (Å²) >= 11 is 0. The van der Waals surface area contributed by atoms with Gasteiger partial charge in [-0.3, -0.25) is 4.79 Å². The average Bonchev–Trinajstić information content (AvgIpc) is 2.71. The van der Waals surface area contributed by atoms with E-state index in [2.05, 4.69) is 5.32 Å². The van der Waals surface area contributed by atoms with Crippen molar-refractivity contribution in [1.29, 1.82) is 5.26 Å². The molecule has 0 fully saturated rings. The molecule has 0 heterocycles. The van der Waals surface area contributed by atoms with E-state index in [9.17, 15) is 18.8 Å². The number of hydrogen-bond acceptors (Lipinski definition) is 3. The van der Waals surface area contributed by atoms with E-state index in [4.69, 9.17) is 4.74 Å². The van der Waals surface area contributed by atoms with Gasteiger partial charge in [-0.05, 0) is 36.8 Å². The molecule has 1 atom stereocenters. The molecule has 1 N–H and O–H groups in total. The first-order chi connectivity index (χ1) is 14.0. The molecule has 0 saturated carbocycles. The van der Waals surface area contributed by atoms with E-state index in [0.29, 0.717) is 18.4 Å². The number of carbonyl (C=O) groups excluding carboxylic acids is 1. The van der Waals surface area contributed by atoms with Crippen LogP contribution in [0.1, 0.15) is 33.1 Å². The minimum Gasteiger partial charge on any atom is -0.489 e. The topological polar surface area (TPSA) is 62.1 Å². The number of halogens is 2. The van der Waals surface area contributed by atoms with Gasteiger partial charge in [0.25, 0.3) is 5.91 Å². The van der Waals surface area contributed by atoms with Crippen molar-refractivity contribution in [2.24, 2.45) is 0 Å². The fourth-order valence-corrected chi connectivity index (χ4v) is 2.83. The molecule has 0 aromatic heterocycles. The predicted octanol–water partition coefficient (Wildman–Crippen LogP) is 4.85. The summed E-state index contributed by atoms with van der Waals surface area (Å²) in [6.07, 6.45) is 0. The number of ether oxygens (including phenoxy) is 1. The third-order valence-corrected chi connectivity index (χ3v) is 4.26. The Morgan fingerprint density at radius 1 is 1.10 bits per heavy atom. The predicted molar refractivity (Wildman–Crippen MR) is 104 cm³/mol. The molecule has 3 aromatic carbocycles. The second-order valence-corrected chi connectivity index (χ2v) is 6.51. The molecule has 0 saturated heterocycles. The SMILES string of the molecule is Cc1cccc(COc2cccc(C(=O)NC(C#N)c3ccc(F)cc3F)c2)c1. The highest BCUT2D eigenvalue weighted by Gasteiger charge is 2.19. The number of benzene rings is 3. The van der Waals surface area contributed by atoms with Gasteiger partial charge in [0.15, 0.2) is 0 Å². The van der Waals surface area contributed by atoms with Crippen molar-refractivity contribution in [2.45, 2.75) is 19.6 Å². The first kappa shape index (κ1) is 20.0. The van der Waals surface area contributed by atoms with E-state index in [1.165, 1.54) is 0 Å². The standard InChI is InChI=1S/C23H18F2N2O2/c1-15-4-2-5-16(10-15)14-29-19-7-3-6-17(11-19)23(28)27-22(13-26)20-9-8-18(24)12-21(20)25/h2-12,22H,14H2,1H3,(H,27,28). The summed E-state index contributed by atoms with van der Waals surface area (Å²) in [5, 5.41) is 11.8. The Bertz CT molecular complexity index is 1080. The third-order valence-electron chi connectivity index (χ3n) is 4.26. The molecule has 1 amide bonds. The highest BCUT2D eigenvalue weighted by molar-refractivity contribution is 5.95. The number of hydrogen-bond donors (Lipinski definition) is 1. The molecular weight excluding hydrogens is 374 g/mol. The summed E-state index contributed by atoms with van der Waals surface area (Å²) in [4.78, 5) is 12.5. The number of carbonyl (C=O) groups is 1. The molecule has 6 heteroatoms. The van der Waals surface area contributed by atoms with E-state index in [0.717, 1.165) is 23.3 Å². The van der Waals surface area contributed by atoms with E-state index < -0.39 is 23.6 Å². The maximum atomic E-state index is 13.9. The van der Waals surface area contributed by atoms with Gasteiger partial charge in [0.2, 0.25) is 0 Å². The number of nitriles is 1. The molecular formula is C23H18F2N2O2. The maximum Gasteiger partial charge on any atom is 0.252 e. The molecule has 0 aliphatic carbocycles. The van der Waals surface area contributed by atoms with Gasteiger partial charge in [0.1, 0.15) is 30.0 Å². The van der Waals surface area contributed by atoms with Gasteiger partial charge in [0, 0.05) is 17.2 Å². The normalized spacial score (nSPS) is 11.4. The van der Waals surface area contributed by atoms with Crippen LogP contribution >= 0.6 is 0 Å². The van der Waals surface area contributed by atoms with Crippen LogP contribution in [-0.4, -0.2) is 5.91 Å². The van der Waals surface area contributed by atoms with Crippen LogP contribution < -0.4 is 10.1 Å². The highest BCUT2D eigenvalue weighted by atomic mass is 19.1. The molecule has 0 spiro atoms. The molecule has 3 aromatic rings. The quantitative estimate of drug-likeness (QED) is 0.653. The van der Waals surface area contributed by atoms with Crippen LogP contribution in [0, 0.1) is 29.9 Å². The van der Waals surface area contributed by atoms with Crippen molar-refractivity contribution in [2.75, 3.05) is 0 Å². The molecule has 0 aliphatic heterocycles. The minimum atomic E-state index is -1.25. The molecule has 146 valence electrons. The Kier molecular flexibility index (Phi) is 6.20. The second kappa shape index (κ2) is 8.98. The summed E-state index contributed by atoms with van der Waals surface area (Å²) in [5.41, 5.74) is 2.27. The molecule has 0 radical (unpaired) electrons. The van der Waals surface area contributed by atoms with Gasteiger partial charge in [-0.2, -0.15) is 5.26 Å². The summed E-state index contributed by atoms with van der Waals surface area (Å²) < 4.78 is 32.8. The number of nitrogens with one attached hydrogen (secondary N) is 1. The molecule has 4 nitrogen and oxygen atoms in total. The van der Waals surface area contributed by atoms with Crippen molar-refractivity contribution < 1.29 is 18.3 Å². The Labute approximate surface area is 167 Å². The monoisotopic (exact) mass is 392 g/mol. The average molecular weight is 392 g/mol. The minimum absolute atomic E-state index is 0.103. The Morgan fingerprint density at radius 3 is 2.62 bits per heavy atom. The smallest absolute Gasteiger partial charge is 0.252 e. The lowest BCUT2D eigenvalue weighted by Gasteiger charge is -2.14. The van der Waals surface area contributed by atoms with Gasteiger partial charge < -0.3 is 10.1 Å². The van der Waals surface area contributed by atoms with E-state index in [-0.39, 0.29) is 11.1 Å². The molecule has 3 rings (SSSR count). The fraction of sp³-hybridized carbons (Fsp3) is 0.130. The molecule has 0 aliphatic rings. The van der Waals surface area contributed by atoms with Crippen molar-refractivity contribution in [3.63, 3.8) is 0 Å². The zero-order chi connectivity index (χ0) is 20.8. The number of amides is 1. The van der Waals surface area contributed by atoms with Gasteiger partial charge in [-0.25, -0.2) is 8.78 Å². The van der Waals surface area contributed by atoms with Gasteiger partial charge in [0.05, 0.1) is 6.07 Å². The number of rotatable bonds is 6. The van der Waals surface area contributed by atoms with E-state index >= 15 is 0 Å². The van der Waals surface area contributed by atoms with E-state index in [1.807, 2.05) is 37.3 Å². The molecule has 29 heavy (non-hydrogen) atoms. The Hall–Kier alpha value is -3.72. The second-order valence-electron chi connectivity index (χ2n) is 6.51. The van der Waals surface area contributed by atoms with Crippen LogP contribution in [0.4, 0.5) is 8.78 Å². The molecule has 0 bridgehead atoms. The highest BCUT2D eigenvalue weighted by Crippen LogP contribution is 2.20. The van der Waals surface area contributed by atoms with Crippen LogP contribution in [0.25, 0.3) is 0 Å². The summed E-state index contributed by atoms with van der Waals surface area (Å²) in [6.45, 7) is 2.33. The fourth-order valence-electron chi connectivity index (χ4n) is 2.83. The number of nitrogens with zero attached hydrogens (tertiary/aromatic N) is 1.